The van der Waals surface area contributed by atoms with E-state index >= 15 is 0 Å². The molecule has 0 heterocycles. The molecule has 2 rings (SSSR count). The second-order valence-electron chi connectivity index (χ2n) is 6.34. The first-order valence-corrected chi connectivity index (χ1v) is 7.20. The fourth-order valence-corrected chi connectivity index (χ4v) is 2.38. The largest absolute Gasteiger partial charge is 0.390 e. The molecular weight excluding hydrogens is 305 g/mol. The number of alkyl halides is 3. The van der Waals surface area contributed by atoms with Crippen LogP contribution in [0, 0.1) is 11.3 Å². The summed E-state index contributed by atoms with van der Waals surface area (Å²) in [6.07, 6.45) is -25.9. The van der Waals surface area contributed by atoms with E-state index in [1.807, 2.05) is 0 Å². The highest BCUT2D eigenvalue weighted by atomic mass is 19.4. The Balaban J connectivity index is 3.11. The van der Waals surface area contributed by atoms with Crippen LogP contribution in [0.3, 0.4) is 0 Å². The second kappa shape index (κ2) is 6.23. The molecule has 2 aliphatic carbocycles. The zero-order valence-corrected chi connectivity index (χ0v) is 13.1. The minimum absolute atomic E-state index is 0.677. The number of carbonyl (C=O) groups excluding carboxylic acids is 1. The first kappa shape index (κ1) is 8.50. The minimum atomic E-state index is -4.69. The second-order valence-corrected chi connectivity index (χ2v) is 6.34. The summed E-state index contributed by atoms with van der Waals surface area (Å²) in [4.78, 5) is 13.1. The first-order chi connectivity index (χ1) is 14.6. The summed E-state index contributed by atoms with van der Waals surface area (Å²) < 4.78 is 131. The van der Waals surface area contributed by atoms with Crippen LogP contribution in [0.25, 0.3) is 0 Å². The van der Waals surface area contributed by atoms with E-state index in [9.17, 15) is 23.1 Å². The lowest BCUT2D eigenvalue weighted by atomic mass is 9.59. The van der Waals surface area contributed by atoms with Gasteiger partial charge in [0.2, 0.25) is 0 Å². The highest BCUT2D eigenvalue weighted by Gasteiger charge is 2.44. The van der Waals surface area contributed by atoms with Crippen molar-refractivity contribution >= 4 is 5.78 Å². The molecule has 0 radical (unpaired) electrons. The molecule has 2 nitrogen and oxygen atoms in total. The topological polar surface area (TPSA) is 37.3 Å². The van der Waals surface area contributed by atoms with Gasteiger partial charge in [0.05, 0.1) is 5.60 Å². The number of allylic oxidation sites excluding steroid dienone is 2. The number of halogens is 3. The Morgan fingerprint density at radius 3 is 2.61 bits per heavy atom. The minimum Gasteiger partial charge on any atom is -0.390 e. The SMILES string of the molecule is [2H]C1([2H])C(=O)C(CCCC(F)(F)F)=C2C([2H])([2H])[C@]([2H])(C(C)(C)O)C([2H])([2H])C([2H])([2H])[C@]2(C)C1([2H])[2H]. The van der Waals surface area contributed by atoms with Crippen molar-refractivity contribution in [3.63, 3.8) is 0 Å². The number of carbonyl (C=O) groups is 1. The third kappa shape index (κ3) is 4.37. The molecule has 0 amide bonds. The summed E-state index contributed by atoms with van der Waals surface area (Å²) in [7, 11) is 0. The number of aliphatic hydroxyl groups is 1. The van der Waals surface area contributed by atoms with Gasteiger partial charge in [0.25, 0.3) is 0 Å². The summed E-state index contributed by atoms with van der Waals surface area (Å²) in [5.41, 5.74) is -7.83. The summed E-state index contributed by atoms with van der Waals surface area (Å²) >= 11 is 0. The first-order valence-electron chi connectivity index (χ1n) is 12.7. The van der Waals surface area contributed by atoms with Crippen LogP contribution in [0.15, 0.2) is 11.1 Å². The summed E-state index contributed by atoms with van der Waals surface area (Å²) in [5.74, 6) is -5.13. The van der Waals surface area contributed by atoms with Crippen LogP contribution in [-0.4, -0.2) is 22.7 Å². The van der Waals surface area contributed by atoms with Crippen LogP contribution in [0.1, 0.15) is 87.0 Å². The predicted molar refractivity (Wildman–Crippen MR) is 82.9 cm³/mol. The molecule has 0 aromatic carbocycles. The Morgan fingerprint density at radius 1 is 1.39 bits per heavy atom. The maximum absolute atomic E-state index is 13.1. The van der Waals surface area contributed by atoms with Gasteiger partial charge in [-0.15, -0.1) is 0 Å². The fourth-order valence-electron chi connectivity index (χ4n) is 2.38. The van der Waals surface area contributed by atoms with Gasteiger partial charge in [-0.25, -0.2) is 0 Å². The molecule has 0 aliphatic heterocycles. The van der Waals surface area contributed by atoms with Crippen molar-refractivity contribution in [2.24, 2.45) is 11.3 Å². The quantitative estimate of drug-likeness (QED) is 0.784. The Kier molecular flexibility index (Phi) is 2.30. The van der Waals surface area contributed by atoms with Gasteiger partial charge in [-0.05, 0) is 69.1 Å². The van der Waals surface area contributed by atoms with Crippen molar-refractivity contribution < 1.29 is 38.2 Å². The molecule has 0 aromatic rings. The molecule has 0 aromatic heterocycles. The molecule has 0 bridgehead atoms. The van der Waals surface area contributed by atoms with Crippen LogP contribution < -0.4 is 0 Å². The van der Waals surface area contributed by atoms with E-state index in [0.717, 1.165) is 13.8 Å². The lowest BCUT2D eigenvalue weighted by Gasteiger charge is -2.46. The Hall–Kier alpha value is -0.840. The Labute approximate surface area is 151 Å². The third-order valence-electron chi connectivity index (χ3n) is 3.69. The van der Waals surface area contributed by atoms with Crippen molar-refractivity contribution in [1.82, 2.24) is 0 Å². The van der Waals surface area contributed by atoms with Crippen LogP contribution in [0.4, 0.5) is 13.2 Å². The predicted octanol–water partition coefficient (Wildman–Crippen LogP) is 4.96. The molecule has 1 fully saturated rings. The summed E-state index contributed by atoms with van der Waals surface area (Å²) in [6, 6.07) is 0. The van der Waals surface area contributed by atoms with Gasteiger partial charge in [0.1, 0.15) is 0 Å². The number of Topliss-reactive ketones (excluding diaryl/α,β-unsaturated/α-hetero) is 1. The van der Waals surface area contributed by atoms with E-state index in [-0.39, 0.29) is 0 Å². The standard InChI is InChI=1S/C18H27F3O2/c1-16(2,23)12-6-9-17(3)10-7-15(22)13(14(17)11-12)5-4-8-18(19,20)21/h12,23H,4-11H2,1-3H3/t12-,17-/m1/s1/i6D2,7D2,9D2,10D2,11D2,12D. The van der Waals surface area contributed by atoms with Crippen LogP contribution in [0.5, 0.6) is 0 Å². The monoisotopic (exact) mass is 343 g/mol. The normalized spacial score (nSPS) is 50.9. The number of ketones is 1. The lowest BCUT2D eigenvalue weighted by molar-refractivity contribution is -0.135. The Morgan fingerprint density at radius 2 is 2.04 bits per heavy atom. The molecule has 2 atom stereocenters. The van der Waals surface area contributed by atoms with Crippen LogP contribution in [0.2, 0.25) is 0 Å². The molecule has 1 N–H and O–H groups in total. The van der Waals surface area contributed by atoms with Crippen molar-refractivity contribution in [1.29, 1.82) is 0 Å². The van der Waals surface area contributed by atoms with E-state index in [4.69, 9.17) is 15.1 Å². The van der Waals surface area contributed by atoms with Gasteiger partial charge < -0.3 is 5.11 Å². The van der Waals surface area contributed by atoms with E-state index < -0.39 is 91.1 Å². The molecule has 0 unspecified atom stereocenters. The van der Waals surface area contributed by atoms with Gasteiger partial charge in [0, 0.05) is 27.9 Å². The lowest BCUT2D eigenvalue weighted by Crippen LogP contribution is -2.40. The molecular formula is C18H27F3O2. The van der Waals surface area contributed by atoms with Gasteiger partial charge in [0.15, 0.2) is 5.78 Å². The molecule has 23 heavy (non-hydrogen) atoms. The van der Waals surface area contributed by atoms with Crippen molar-refractivity contribution in [3.05, 3.63) is 11.1 Å². The molecule has 0 spiro atoms. The maximum Gasteiger partial charge on any atom is 0.389 e. The van der Waals surface area contributed by atoms with E-state index in [2.05, 4.69) is 0 Å². The summed E-state index contributed by atoms with van der Waals surface area (Å²) in [6.45, 7) is 2.34. The summed E-state index contributed by atoms with van der Waals surface area (Å²) in [5, 5.41) is 10.7. The average Bonchev–Trinajstić information content (AvgIpc) is 2.60. The van der Waals surface area contributed by atoms with E-state index in [1.165, 1.54) is 0 Å². The maximum atomic E-state index is 13.1. The van der Waals surface area contributed by atoms with Crippen molar-refractivity contribution in [2.75, 3.05) is 0 Å². The fraction of sp³-hybridized carbons (Fsp3) is 0.833. The molecule has 132 valence electrons. The number of hydrogen-bond acceptors (Lipinski definition) is 2. The van der Waals surface area contributed by atoms with E-state index in [0.29, 0.717) is 6.92 Å². The number of fused-ring (bicyclic) bond motifs is 1. The Bertz CT molecular complexity index is 921. The van der Waals surface area contributed by atoms with Crippen LogP contribution >= 0.6 is 0 Å². The van der Waals surface area contributed by atoms with Crippen molar-refractivity contribution in [3.8, 4) is 0 Å². The van der Waals surface area contributed by atoms with E-state index in [1.54, 1.807) is 0 Å². The number of hydrogen-bond donors (Lipinski definition) is 1. The van der Waals surface area contributed by atoms with Gasteiger partial charge in [-0.1, -0.05) is 12.5 Å². The third-order valence-corrected chi connectivity index (χ3v) is 3.69. The highest BCUT2D eigenvalue weighted by molar-refractivity contribution is 5.97. The molecule has 0 saturated heterocycles. The zero-order valence-electron chi connectivity index (χ0n) is 24.1. The molecule has 5 heteroatoms. The average molecular weight is 343 g/mol. The van der Waals surface area contributed by atoms with Gasteiger partial charge in [-0.3, -0.25) is 4.79 Å². The van der Waals surface area contributed by atoms with Gasteiger partial charge >= 0.3 is 6.18 Å². The smallest absolute Gasteiger partial charge is 0.389 e. The van der Waals surface area contributed by atoms with Crippen LogP contribution in [-0.2, 0) is 4.79 Å². The van der Waals surface area contributed by atoms with Crippen molar-refractivity contribution in [2.45, 2.75) is 83.7 Å². The zero-order chi connectivity index (χ0) is 27.4. The number of rotatable bonds is 4. The van der Waals surface area contributed by atoms with Gasteiger partial charge in [-0.2, -0.15) is 13.2 Å². The highest BCUT2D eigenvalue weighted by Crippen LogP contribution is 2.52. The molecule has 2 aliphatic rings. The molecule has 1 saturated carbocycles.